The Kier molecular flexibility index (Phi) is 9.60. The van der Waals surface area contributed by atoms with E-state index in [1.807, 2.05) is 12.1 Å². The van der Waals surface area contributed by atoms with Crippen LogP contribution in [0.25, 0.3) is 22.0 Å². The molecule has 9 nitrogen and oxygen atoms in total. The number of halogens is 3. The molecular formula is C37H47Cl2FN6O3Si. The first-order chi connectivity index (χ1) is 23.7. The summed E-state index contributed by atoms with van der Waals surface area (Å²) in [6.07, 6.45) is 4.56. The molecular weight excluding hydrogens is 694 g/mol. The fourth-order valence-corrected chi connectivity index (χ4v) is 8.97. The van der Waals surface area contributed by atoms with Crippen LogP contribution in [0.2, 0.25) is 28.2 Å². The first-order valence-electron chi connectivity index (χ1n) is 17.7. The Morgan fingerprint density at radius 2 is 1.80 bits per heavy atom. The molecule has 5 heterocycles. The van der Waals surface area contributed by atoms with Gasteiger partial charge in [-0.1, -0.05) is 56.1 Å². The van der Waals surface area contributed by atoms with Crippen molar-refractivity contribution in [2.75, 3.05) is 44.2 Å². The van der Waals surface area contributed by atoms with Gasteiger partial charge in [-0.2, -0.15) is 5.10 Å². The number of aromatic nitrogens is 4. The standard InChI is InChI=1S/C37H47Cl2FN6O3Si/c1-37(2,3)50(4,5)49-21-23-10-12-43(13-11-23)16-24-17-44(18-24)27-8-6-25(7-9-27)28-15-30(38)29-20-46(42-33(29)32(28)39)35(36(47)48)34-31-14-26(40)19-45(31)22-41-34/h6-9,15,20,22-24,26,35H,10-14,16-19,21H2,1-5H3,(H,47,48). The molecule has 0 bridgehead atoms. The Bertz CT molecular complexity index is 1880. The highest BCUT2D eigenvalue weighted by atomic mass is 35.5. The van der Waals surface area contributed by atoms with Crippen LogP contribution in [-0.4, -0.2) is 89.1 Å². The minimum atomic E-state index is -1.69. The van der Waals surface area contributed by atoms with Crippen LogP contribution in [-0.2, 0) is 22.2 Å². The highest BCUT2D eigenvalue weighted by Crippen LogP contribution is 2.41. The lowest BCUT2D eigenvalue weighted by atomic mass is 9.94. The zero-order valence-electron chi connectivity index (χ0n) is 29.5. The Morgan fingerprint density at radius 1 is 1.10 bits per heavy atom. The van der Waals surface area contributed by atoms with Gasteiger partial charge in [-0.3, -0.25) is 4.68 Å². The van der Waals surface area contributed by atoms with Crippen LogP contribution in [0.3, 0.4) is 0 Å². The average molecular weight is 742 g/mol. The van der Waals surface area contributed by atoms with E-state index in [2.05, 4.69) is 65.9 Å². The van der Waals surface area contributed by atoms with E-state index in [9.17, 15) is 14.3 Å². The summed E-state index contributed by atoms with van der Waals surface area (Å²) in [5, 5.41) is 16.4. The lowest BCUT2D eigenvalue weighted by Gasteiger charge is -2.44. The summed E-state index contributed by atoms with van der Waals surface area (Å²) in [6, 6.07) is 8.88. The number of hydrogen-bond donors (Lipinski definition) is 1. The molecule has 0 amide bonds. The van der Waals surface area contributed by atoms with Crippen LogP contribution in [0.1, 0.15) is 51.0 Å². The van der Waals surface area contributed by atoms with Crippen LogP contribution >= 0.6 is 23.2 Å². The monoisotopic (exact) mass is 740 g/mol. The molecule has 0 radical (unpaired) electrons. The molecule has 2 fully saturated rings. The Morgan fingerprint density at radius 3 is 2.46 bits per heavy atom. The number of alkyl halides is 1. The number of carbonyl (C=O) groups is 1. The third kappa shape index (κ3) is 6.84. The van der Waals surface area contributed by atoms with Crippen LogP contribution in [0.4, 0.5) is 10.1 Å². The van der Waals surface area contributed by atoms with Gasteiger partial charge in [0.15, 0.2) is 14.4 Å². The Balaban J connectivity index is 0.969. The van der Waals surface area contributed by atoms with E-state index in [-0.39, 0.29) is 23.7 Å². The summed E-state index contributed by atoms with van der Waals surface area (Å²) in [5.41, 5.74) is 4.03. The molecule has 0 aliphatic carbocycles. The number of carboxylic acids is 1. The minimum absolute atomic E-state index is 0.118. The number of anilines is 1. The summed E-state index contributed by atoms with van der Waals surface area (Å²) in [4.78, 5) is 21.8. The lowest BCUT2D eigenvalue weighted by Crippen LogP contribution is -2.52. The van der Waals surface area contributed by atoms with Crippen molar-refractivity contribution in [1.29, 1.82) is 0 Å². The van der Waals surface area contributed by atoms with Crippen LogP contribution in [0.15, 0.2) is 42.9 Å². The van der Waals surface area contributed by atoms with E-state index in [0.717, 1.165) is 50.5 Å². The molecule has 0 saturated carbocycles. The lowest BCUT2D eigenvalue weighted by molar-refractivity contribution is -0.139. The molecule has 268 valence electrons. The van der Waals surface area contributed by atoms with Gasteiger partial charge in [-0.25, -0.2) is 14.2 Å². The van der Waals surface area contributed by atoms with E-state index in [1.54, 1.807) is 16.8 Å². The van der Waals surface area contributed by atoms with Crippen molar-refractivity contribution in [3.05, 3.63) is 64.3 Å². The Labute approximate surface area is 304 Å². The SMILES string of the molecule is CC(C)(C)[Si](C)(C)OCC1CCN(CC2CN(c3ccc(-c4cc(Cl)c5cn(C(C(=O)O)c6ncn7c6CC(F)C7)nc5c4Cl)cc3)C2)CC1. The predicted octanol–water partition coefficient (Wildman–Crippen LogP) is 7.94. The first-order valence-corrected chi connectivity index (χ1v) is 21.3. The van der Waals surface area contributed by atoms with Gasteiger partial charge in [0.2, 0.25) is 0 Å². The molecule has 2 atom stereocenters. The second kappa shape index (κ2) is 13.5. The summed E-state index contributed by atoms with van der Waals surface area (Å²) in [6.45, 7) is 18.2. The number of aliphatic carboxylic acids is 1. The second-order valence-corrected chi connectivity index (χ2v) is 21.6. The molecule has 2 aromatic heterocycles. The van der Waals surface area contributed by atoms with Crippen molar-refractivity contribution >= 4 is 54.1 Å². The molecule has 13 heteroatoms. The average Bonchev–Trinajstić information content (AvgIpc) is 3.75. The summed E-state index contributed by atoms with van der Waals surface area (Å²) >= 11 is 13.7. The van der Waals surface area contributed by atoms with Crippen molar-refractivity contribution in [1.82, 2.24) is 24.2 Å². The van der Waals surface area contributed by atoms with Crippen LogP contribution in [0, 0.1) is 11.8 Å². The number of imidazole rings is 1. The van der Waals surface area contributed by atoms with Gasteiger partial charge in [-0.15, -0.1) is 0 Å². The molecule has 3 aliphatic rings. The molecule has 1 N–H and O–H groups in total. The third-order valence-electron chi connectivity index (χ3n) is 11.5. The number of piperidine rings is 1. The number of likely N-dealkylation sites (tertiary alicyclic amines) is 1. The van der Waals surface area contributed by atoms with Gasteiger partial charge in [-0.05, 0) is 73.7 Å². The maximum Gasteiger partial charge on any atom is 0.334 e. The van der Waals surface area contributed by atoms with Crippen molar-refractivity contribution in [2.24, 2.45) is 11.8 Å². The zero-order valence-corrected chi connectivity index (χ0v) is 32.0. The number of rotatable bonds is 10. The minimum Gasteiger partial charge on any atom is -0.479 e. The topological polar surface area (TPSA) is 88.6 Å². The van der Waals surface area contributed by atoms with Gasteiger partial charge in [0.25, 0.3) is 0 Å². The number of nitrogens with zero attached hydrogens (tertiary/aromatic N) is 6. The summed E-state index contributed by atoms with van der Waals surface area (Å²) in [5.74, 6) is 0.189. The van der Waals surface area contributed by atoms with Crippen LogP contribution < -0.4 is 4.90 Å². The normalized spacial score (nSPS) is 20.0. The maximum absolute atomic E-state index is 14.1. The molecule has 2 saturated heterocycles. The van der Waals surface area contributed by atoms with E-state index < -0.39 is 26.5 Å². The molecule has 4 aromatic rings. The molecule has 2 unspecified atom stereocenters. The summed E-state index contributed by atoms with van der Waals surface area (Å²) < 4.78 is 23.6. The van der Waals surface area contributed by atoms with Crippen molar-refractivity contribution in [3.8, 4) is 11.1 Å². The number of fused-ring (bicyclic) bond motifs is 2. The number of hydrogen-bond acceptors (Lipinski definition) is 6. The third-order valence-corrected chi connectivity index (χ3v) is 16.7. The van der Waals surface area contributed by atoms with E-state index in [4.69, 9.17) is 27.6 Å². The van der Waals surface area contributed by atoms with Gasteiger partial charge in [0, 0.05) is 67.1 Å². The van der Waals surface area contributed by atoms with Gasteiger partial charge in [0.1, 0.15) is 11.7 Å². The van der Waals surface area contributed by atoms with Crippen LogP contribution in [0.5, 0.6) is 0 Å². The molecule has 2 aromatic carbocycles. The smallest absolute Gasteiger partial charge is 0.334 e. The second-order valence-electron chi connectivity index (χ2n) is 16.0. The fourth-order valence-electron chi connectivity index (χ4n) is 7.33. The van der Waals surface area contributed by atoms with Gasteiger partial charge >= 0.3 is 5.97 Å². The quantitative estimate of drug-likeness (QED) is 0.165. The zero-order chi connectivity index (χ0) is 35.5. The Hall–Kier alpha value is -2.96. The van der Waals surface area contributed by atoms with E-state index in [0.29, 0.717) is 38.5 Å². The molecule has 0 spiro atoms. The largest absolute Gasteiger partial charge is 0.479 e. The van der Waals surface area contributed by atoms with Crippen molar-refractivity contribution in [3.63, 3.8) is 0 Å². The van der Waals surface area contributed by atoms with Crippen molar-refractivity contribution < 1.29 is 18.7 Å². The maximum atomic E-state index is 14.1. The van der Waals surface area contributed by atoms with Crippen molar-refractivity contribution in [2.45, 2.75) is 76.9 Å². The van der Waals surface area contributed by atoms with Gasteiger partial charge in [0.05, 0.1) is 28.6 Å². The molecule has 7 rings (SSSR count). The van der Waals surface area contributed by atoms with E-state index in [1.165, 1.54) is 29.5 Å². The number of benzene rings is 2. The molecule has 50 heavy (non-hydrogen) atoms. The molecule has 3 aliphatic heterocycles. The number of carboxylic acid groups (broad SMARTS) is 1. The fraction of sp³-hybridized carbons (Fsp3) is 0.541. The summed E-state index contributed by atoms with van der Waals surface area (Å²) in [7, 11) is -1.69. The first kappa shape index (κ1) is 35.4. The highest BCUT2D eigenvalue weighted by molar-refractivity contribution is 6.74. The highest BCUT2D eigenvalue weighted by Gasteiger charge is 2.38. The van der Waals surface area contributed by atoms with E-state index >= 15 is 0 Å². The predicted molar refractivity (Wildman–Crippen MR) is 200 cm³/mol. The van der Waals surface area contributed by atoms with Gasteiger partial charge < -0.3 is 23.9 Å².